The second kappa shape index (κ2) is 12.3. The molecule has 0 unspecified atom stereocenters. The number of unbranched alkanes of at least 4 members (excludes halogenated alkanes) is 2. The Hall–Kier alpha value is -4.25. The van der Waals surface area contributed by atoms with E-state index in [9.17, 15) is 9.18 Å². The second-order valence-corrected chi connectivity index (χ2v) is 9.59. The fraction of sp³-hybridized carbons (Fsp3) is 0.212. The molecule has 5 heteroatoms. The number of benzene rings is 4. The molecule has 1 heterocycles. The van der Waals surface area contributed by atoms with E-state index in [0.717, 1.165) is 53.7 Å². The summed E-state index contributed by atoms with van der Waals surface area (Å²) in [5.41, 5.74) is 5.95. The number of nitrogens with zero attached hydrogens (tertiary/aromatic N) is 2. The van der Waals surface area contributed by atoms with E-state index >= 15 is 0 Å². The topological polar surface area (TPSA) is 46.9 Å². The minimum atomic E-state index is -0.195. The summed E-state index contributed by atoms with van der Waals surface area (Å²) in [5, 5.41) is 3.05. The van der Waals surface area contributed by atoms with Gasteiger partial charge in [0.05, 0.1) is 24.0 Å². The molecule has 0 spiro atoms. The molecule has 1 aromatic heterocycles. The average Bonchev–Trinajstić information content (AvgIpc) is 3.30. The van der Waals surface area contributed by atoms with Crippen molar-refractivity contribution in [2.24, 2.45) is 0 Å². The highest BCUT2D eigenvalue weighted by molar-refractivity contribution is 5.79. The third kappa shape index (κ3) is 6.35. The first-order valence-electron chi connectivity index (χ1n) is 13.3. The normalized spacial score (nSPS) is 11.1. The van der Waals surface area contributed by atoms with Crippen LogP contribution in [0.25, 0.3) is 22.2 Å². The van der Waals surface area contributed by atoms with Gasteiger partial charge < -0.3 is 9.88 Å². The Bertz CT molecular complexity index is 1490. The van der Waals surface area contributed by atoms with Crippen LogP contribution in [0.4, 0.5) is 4.39 Å². The van der Waals surface area contributed by atoms with Crippen LogP contribution in [-0.4, -0.2) is 22.0 Å². The predicted molar refractivity (Wildman–Crippen MR) is 151 cm³/mol. The monoisotopic (exact) mass is 505 g/mol. The van der Waals surface area contributed by atoms with Gasteiger partial charge in [0.25, 0.3) is 0 Å². The molecule has 4 aromatic carbocycles. The maximum absolute atomic E-state index is 14.3. The van der Waals surface area contributed by atoms with Crippen molar-refractivity contribution in [2.75, 3.05) is 6.54 Å². The minimum Gasteiger partial charge on any atom is -0.356 e. The number of halogens is 1. The number of amides is 1. The molecule has 0 aliphatic carbocycles. The third-order valence-corrected chi connectivity index (χ3v) is 6.84. The number of rotatable bonds is 11. The highest BCUT2D eigenvalue weighted by atomic mass is 19.1. The molecule has 0 saturated heterocycles. The minimum absolute atomic E-state index is 0.0455. The van der Waals surface area contributed by atoms with Crippen molar-refractivity contribution < 1.29 is 9.18 Å². The summed E-state index contributed by atoms with van der Waals surface area (Å²) < 4.78 is 16.5. The fourth-order valence-corrected chi connectivity index (χ4v) is 4.80. The van der Waals surface area contributed by atoms with Crippen LogP contribution < -0.4 is 5.32 Å². The van der Waals surface area contributed by atoms with Crippen molar-refractivity contribution in [3.63, 3.8) is 0 Å². The molecular weight excluding hydrogens is 473 g/mol. The lowest BCUT2D eigenvalue weighted by atomic mass is 10.0. The standard InChI is InChI=1S/C33H32FN3O/c34-29-14-7-6-13-28(29)24-37-31-16-9-8-15-30(31)36-32(37)17-5-2-10-22-35-33(38)23-25-18-20-27(21-19-25)26-11-3-1-4-12-26/h1,3-4,6-9,11-16,18-21H,2,5,10,17,22-24H2,(H,35,38). The SMILES string of the molecule is O=C(Cc1ccc(-c2ccccc2)cc1)NCCCCCc1nc2ccccc2n1Cc1ccccc1F. The summed E-state index contributed by atoms with van der Waals surface area (Å²) in [6, 6.07) is 33.3. The van der Waals surface area contributed by atoms with E-state index in [-0.39, 0.29) is 11.7 Å². The van der Waals surface area contributed by atoms with Crippen LogP contribution in [0, 0.1) is 5.82 Å². The van der Waals surface area contributed by atoms with Gasteiger partial charge in [-0.2, -0.15) is 0 Å². The van der Waals surface area contributed by atoms with Gasteiger partial charge in [0.15, 0.2) is 0 Å². The van der Waals surface area contributed by atoms with E-state index in [2.05, 4.69) is 34.1 Å². The molecule has 0 fully saturated rings. The molecule has 38 heavy (non-hydrogen) atoms. The Morgan fingerprint density at radius 3 is 2.29 bits per heavy atom. The van der Waals surface area contributed by atoms with Crippen molar-refractivity contribution in [1.82, 2.24) is 14.9 Å². The Kier molecular flexibility index (Phi) is 8.24. The number of carbonyl (C=O) groups excluding carboxylic acids is 1. The molecule has 4 nitrogen and oxygen atoms in total. The number of carbonyl (C=O) groups is 1. The van der Waals surface area contributed by atoms with Crippen LogP contribution in [-0.2, 0) is 24.2 Å². The Labute approximate surface area is 223 Å². The molecule has 5 aromatic rings. The van der Waals surface area contributed by atoms with Crippen LogP contribution in [0.15, 0.2) is 103 Å². The number of fused-ring (bicyclic) bond motifs is 1. The van der Waals surface area contributed by atoms with Gasteiger partial charge in [0, 0.05) is 18.5 Å². The molecule has 5 rings (SSSR count). The lowest BCUT2D eigenvalue weighted by Crippen LogP contribution is -2.26. The molecule has 192 valence electrons. The summed E-state index contributed by atoms with van der Waals surface area (Å²) in [6.07, 6.45) is 4.04. The molecule has 1 amide bonds. The van der Waals surface area contributed by atoms with E-state index in [4.69, 9.17) is 4.98 Å². The Morgan fingerprint density at radius 1 is 0.763 bits per heavy atom. The first-order chi connectivity index (χ1) is 18.7. The van der Waals surface area contributed by atoms with E-state index in [0.29, 0.717) is 25.1 Å². The van der Waals surface area contributed by atoms with Crippen LogP contribution in [0.5, 0.6) is 0 Å². The zero-order chi connectivity index (χ0) is 26.2. The van der Waals surface area contributed by atoms with Crippen molar-refractivity contribution in [1.29, 1.82) is 0 Å². The summed E-state index contributed by atoms with van der Waals surface area (Å²) in [4.78, 5) is 17.2. The second-order valence-electron chi connectivity index (χ2n) is 9.59. The maximum Gasteiger partial charge on any atom is 0.224 e. The Balaban J connectivity index is 1.08. The van der Waals surface area contributed by atoms with Gasteiger partial charge in [0.2, 0.25) is 5.91 Å². The highest BCUT2D eigenvalue weighted by Gasteiger charge is 2.12. The van der Waals surface area contributed by atoms with Gasteiger partial charge in [-0.1, -0.05) is 91.3 Å². The number of aryl methyl sites for hydroxylation is 1. The zero-order valence-electron chi connectivity index (χ0n) is 21.4. The van der Waals surface area contributed by atoms with Gasteiger partial charge in [0.1, 0.15) is 11.6 Å². The molecule has 0 aliphatic heterocycles. The number of aromatic nitrogens is 2. The average molecular weight is 506 g/mol. The lowest BCUT2D eigenvalue weighted by molar-refractivity contribution is -0.120. The van der Waals surface area contributed by atoms with Gasteiger partial charge in [-0.3, -0.25) is 4.79 Å². The summed E-state index contributed by atoms with van der Waals surface area (Å²) >= 11 is 0. The third-order valence-electron chi connectivity index (χ3n) is 6.84. The van der Waals surface area contributed by atoms with E-state index in [1.807, 2.05) is 66.7 Å². The first-order valence-corrected chi connectivity index (χ1v) is 13.3. The van der Waals surface area contributed by atoms with Gasteiger partial charge in [-0.05, 0) is 47.7 Å². The zero-order valence-corrected chi connectivity index (χ0v) is 21.4. The van der Waals surface area contributed by atoms with Crippen LogP contribution in [0.2, 0.25) is 0 Å². The first kappa shape index (κ1) is 25.4. The van der Waals surface area contributed by atoms with Crippen molar-refractivity contribution in [3.05, 3.63) is 126 Å². The van der Waals surface area contributed by atoms with Gasteiger partial charge >= 0.3 is 0 Å². The number of para-hydroxylation sites is 2. The largest absolute Gasteiger partial charge is 0.356 e. The molecule has 0 aliphatic rings. The summed E-state index contributed by atoms with van der Waals surface area (Å²) in [7, 11) is 0. The van der Waals surface area contributed by atoms with Gasteiger partial charge in [-0.25, -0.2) is 9.37 Å². The fourth-order valence-electron chi connectivity index (χ4n) is 4.80. The molecule has 0 atom stereocenters. The highest BCUT2D eigenvalue weighted by Crippen LogP contribution is 2.21. The Morgan fingerprint density at radius 2 is 1.47 bits per heavy atom. The van der Waals surface area contributed by atoms with E-state index < -0.39 is 0 Å². The number of imidazole rings is 1. The summed E-state index contributed by atoms with van der Waals surface area (Å²) in [5.74, 6) is 0.820. The molecule has 1 N–H and O–H groups in total. The molecule has 0 bridgehead atoms. The summed E-state index contributed by atoms with van der Waals surface area (Å²) in [6.45, 7) is 1.12. The lowest BCUT2D eigenvalue weighted by Gasteiger charge is -2.10. The number of hydrogen-bond acceptors (Lipinski definition) is 2. The van der Waals surface area contributed by atoms with Crippen LogP contribution in [0.1, 0.15) is 36.2 Å². The molecule has 0 saturated carbocycles. The quantitative estimate of drug-likeness (QED) is 0.197. The number of hydrogen-bond donors (Lipinski definition) is 1. The van der Waals surface area contributed by atoms with Gasteiger partial charge in [-0.15, -0.1) is 0 Å². The van der Waals surface area contributed by atoms with Crippen molar-refractivity contribution >= 4 is 16.9 Å². The maximum atomic E-state index is 14.3. The van der Waals surface area contributed by atoms with Crippen LogP contribution in [0.3, 0.4) is 0 Å². The van der Waals surface area contributed by atoms with Crippen molar-refractivity contribution in [3.8, 4) is 11.1 Å². The smallest absolute Gasteiger partial charge is 0.224 e. The molecular formula is C33H32FN3O. The van der Waals surface area contributed by atoms with E-state index in [1.54, 1.807) is 6.07 Å². The predicted octanol–water partition coefficient (Wildman–Crippen LogP) is 6.96. The van der Waals surface area contributed by atoms with Crippen LogP contribution >= 0.6 is 0 Å². The van der Waals surface area contributed by atoms with Crippen molar-refractivity contribution in [2.45, 2.75) is 38.6 Å². The van der Waals surface area contributed by atoms with E-state index in [1.165, 1.54) is 11.6 Å². The molecule has 0 radical (unpaired) electrons. The number of nitrogens with one attached hydrogen (secondary N) is 1.